The molecule has 0 unspecified atom stereocenters. The molecule has 8 aromatic rings. The highest BCUT2D eigenvalue weighted by molar-refractivity contribution is 6.11. The van der Waals surface area contributed by atoms with Gasteiger partial charge in [0, 0.05) is 33.4 Å². The third kappa shape index (κ3) is 5.20. The molecule has 0 amide bonds. The first-order chi connectivity index (χ1) is 23.3. The van der Waals surface area contributed by atoms with Crippen LogP contribution in [0.1, 0.15) is 12.5 Å². The molecule has 0 radical (unpaired) electrons. The van der Waals surface area contributed by atoms with Gasteiger partial charge in [-0.3, -0.25) is 0 Å². The molecule has 0 aliphatic heterocycles. The van der Waals surface area contributed by atoms with Gasteiger partial charge in [-0.05, 0) is 83.8 Å². The Balaban J connectivity index is 1.34. The van der Waals surface area contributed by atoms with Crippen LogP contribution in [0.25, 0.3) is 55.8 Å². The Kier molecular flexibility index (Phi) is 7.45. The van der Waals surface area contributed by atoms with E-state index in [1.807, 2.05) is 0 Å². The predicted octanol–water partition coefficient (Wildman–Crippen LogP) is 12.6. The average Bonchev–Trinajstić information content (AvgIpc) is 3.46. The maximum absolute atomic E-state index is 2.41. The zero-order valence-electron chi connectivity index (χ0n) is 26.3. The lowest BCUT2D eigenvalue weighted by Crippen LogP contribution is -2.11. The van der Waals surface area contributed by atoms with Crippen LogP contribution < -0.4 is 4.90 Å². The normalized spacial score (nSPS) is 11.4. The Morgan fingerprint density at radius 2 is 1.00 bits per heavy atom. The van der Waals surface area contributed by atoms with Crippen molar-refractivity contribution in [3.8, 4) is 27.9 Å². The van der Waals surface area contributed by atoms with Crippen LogP contribution in [0.3, 0.4) is 0 Å². The lowest BCUT2D eigenvalue weighted by atomic mass is 9.92. The number of para-hydroxylation sites is 4. The van der Waals surface area contributed by atoms with Gasteiger partial charge in [0.1, 0.15) is 0 Å². The van der Waals surface area contributed by atoms with Crippen molar-refractivity contribution in [1.29, 1.82) is 0 Å². The van der Waals surface area contributed by atoms with Gasteiger partial charge in [0.05, 0.1) is 16.7 Å². The second-order valence-corrected chi connectivity index (χ2v) is 11.7. The summed E-state index contributed by atoms with van der Waals surface area (Å²) < 4.78 is 2.41. The summed E-state index contributed by atoms with van der Waals surface area (Å²) in [6.45, 7) is 2.07. The van der Waals surface area contributed by atoms with Gasteiger partial charge in [-0.2, -0.15) is 0 Å². The lowest BCUT2D eigenvalue weighted by molar-refractivity contribution is 1.18. The maximum Gasteiger partial charge on any atom is 0.0547 e. The molecule has 0 fully saturated rings. The number of nitrogens with zero attached hydrogens (tertiary/aromatic N) is 2. The first kappa shape index (κ1) is 28.4. The average molecular weight is 603 g/mol. The van der Waals surface area contributed by atoms with Crippen LogP contribution in [0, 0.1) is 0 Å². The van der Waals surface area contributed by atoms with Gasteiger partial charge < -0.3 is 9.47 Å². The predicted molar refractivity (Wildman–Crippen MR) is 201 cm³/mol. The van der Waals surface area contributed by atoms with E-state index in [0.29, 0.717) is 0 Å². The molecule has 0 aliphatic rings. The highest BCUT2D eigenvalue weighted by Gasteiger charge is 2.20. The molecule has 8 rings (SSSR count). The number of anilines is 3. The molecule has 7 aromatic carbocycles. The standard InChI is InChI=1S/C45H34N2/c1-2-16-33-27-29-41-42-30-28-34(32-45(42)47(44(41)31-33)37-21-10-5-11-22-37)38-23-12-13-24-39(38)40-25-14-15-26-43(40)46(35-17-6-3-7-18-35)36-19-8-4-9-20-36/h2-32H,1H3/b16-2+. The van der Waals surface area contributed by atoms with E-state index in [-0.39, 0.29) is 0 Å². The Bertz CT molecular complexity index is 2310. The van der Waals surface area contributed by atoms with E-state index >= 15 is 0 Å². The SMILES string of the molecule is C/C=C/c1ccc2c3ccc(-c4ccccc4-c4ccccc4N(c4ccccc4)c4ccccc4)cc3n(-c3ccccc3)c2c1. The number of rotatable bonds is 7. The van der Waals surface area contributed by atoms with E-state index in [1.54, 1.807) is 0 Å². The van der Waals surface area contributed by atoms with Gasteiger partial charge in [-0.15, -0.1) is 0 Å². The van der Waals surface area contributed by atoms with Crippen LogP contribution in [-0.4, -0.2) is 4.57 Å². The summed E-state index contributed by atoms with van der Waals surface area (Å²) in [5, 5.41) is 2.50. The molecular formula is C45H34N2. The number of hydrogen-bond donors (Lipinski definition) is 0. The summed E-state index contributed by atoms with van der Waals surface area (Å²) in [6.07, 6.45) is 4.26. The van der Waals surface area contributed by atoms with Crippen LogP contribution in [0.15, 0.2) is 182 Å². The molecule has 0 spiro atoms. The molecule has 1 heterocycles. The quantitative estimate of drug-likeness (QED) is 0.176. The molecule has 0 saturated carbocycles. The molecule has 1 aromatic heterocycles. The second kappa shape index (κ2) is 12.3. The van der Waals surface area contributed by atoms with Gasteiger partial charge in [0.25, 0.3) is 0 Å². The second-order valence-electron chi connectivity index (χ2n) is 11.7. The van der Waals surface area contributed by atoms with Gasteiger partial charge in [0.15, 0.2) is 0 Å². The molecule has 0 saturated heterocycles. The van der Waals surface area contributed by atoms with Crippen LogP contribution in [0.4, 0.5) is 17.1 Å². The van der Waals surface area contributed by atoms with E-state index < -0.39 is 0 Å². The number of hydrogen-bond acceptors (Lipinski definition) is 1. The fourth-order valence-electron chi connectivity index (χ4n) is 6.80. The summed E-state index contributed by atoms with van der Waals surface area (Å²) in [5.41, 5.74) is 12.9. The van der Waals surface area contributed by atoms with Gasteiger partial charge in [0.2, 0.25) is 0 Å². The van der Waals surface area contributed by atoms with Crippen LogP contribution in [-0.2, 0) is 0 Å². The van der Waals surface area contributed by atoms with Crippen molar-refractivity contribution in [2.45, 2.75) is 6.92 Å². The summed E-state index contributed by atoms with van der Waals surface area (Å²) in [6, 6.07) is 63.2. The number of allylic oxidation sites excluding steroid dienone is 1. The van der Waals surface area contributed by atoms with Crippen LogP contribution >= 0.6 is 0 Å². The summed E-state index contributed by atoms with van der Waals surface area (Å²) in [4.78, 5) is 2.35. The molecule has 224 valence electrons. The van der Waals surface area contributed by atoms with Crippen LogP contribution in [0.5, 0.6) is 0 Å². The smallest absolute Gasteiger partial charge is 0.0547 e. The molecule has 0 bridgehead atoms. The van der Waals surface area contributed by atoms with Gasteiger partial charge in [-0.25, -0.2) is 0 Å². The van der Waals surface area contributed by atoms with Crippen molar-refractivity contribution in [3.05, 3.63) is 188 Å². The van der Waals surface area contributed by atoms with Crippen molar-refractivity contribution in [3.63, 3.8) is 0 Å². The Morgan fingerprint density at radius 1 is 0.468 bits per heavy atom. The van der Waals surface area contributed by atoms with Crippen molar-refractivity contribution in [2.24, 2.45) is 0 Å². The maximum atomic E-state index is 2.41. The summed E-state index contributed by atoms with van der Waals surface area (Å²) >= 11 is 0. The molecule has 0 atom stereocenters. The molecule has 2 heteroatoms. The third-order valence-corrected chi connectivity index (χ3v) is 8.87. The first-order valence-corrected chi connectivity index (χ1v) is 16.2. The zero-order chi connectivity index (χ0) is 31.6. The van der Waals surface area contributed by atoms with E-state index in [1.165, 1.54) is 49.6 Å². The van der Waals surface area contributed by atoms with Gasteiger partial charge >= 0.3 is 0 Å². The highest BCUT2D eigenvalue weighted by Crippen LogP contribution is 2.44. The van der Waals surface area contributed by atoms with E-state index in [4.69, 9.17) is 0 Å². The van der Waals surface area contributed by atoms with Crippen molar-refractivity contribution in [2.75, 3.05) is 4.90 Å². The van der Waals surface area contributed by atoms with E-state index in [0.717, 1.165) is 22.7 Å². The first-order valence-electron chi connectivity index (χ1n) is 16.2. The monoisotopic (exact) mass is 602 g/mol. The molecule has 47 heavy (non-hydrogen) atoms. The minimum Gasteiger partial charge on any atom is -0.310 e. The minimum absolute atomic E-state index is 1.12. The molecule has 0 aliphatic carbocycles. The van der Waals surface area contributed by atoms with Crippen molar-refractivity contribution < 1.29 is 0 Å². The molecular weight excluding hydrogens is 569 g/mol. The Labute approximate surface area is 276 Å². The van der Waals surface area contributed by atoms with Crippen LogP contribution in [0.2, 0.25) is 0 Å². The van der Waals surface area contributed by atoms with E-state index in [2.05, 4.69) is 204 Å². The fraction of sp³-hybridized carbons (Fsp3) is 0.0222. The number of fused-ring (bicyclic) bond motifs is 3. The number of benzene rings is 7. The van der Waals surface area contributed by atoms with Crippen molar-refractivity contribution in [1.82, 2.24) is 4.57 Å². The fourth-order valence-corrected chi connectivity index (χ4v) is 6.80. The summed E-state index contributed by atoms with van der Waals surface area (Å²) in [5.74, 6) is 0. The Morgan fingerprint density at radius 3 is 1.66 bits per heavy atom. The van der Waals surface area contributed by atoms with Gasteiger partial charge in [-0.1, -0.05) is 133 Å². The van der Waals surface area contributed by atoms with E-state index in [9.17, 15) is 0 Å². The zero-order valence-corrected chi connectivity index (χ0v) is 26.3. The topological polar surface area (TPSA) is 8.17 Å². The number of aromatic nitrogens is 1. The minimum atomic E-state index is 1.12. The third-order valence-electron chi connectivity index (χ3n) is 8.87. The lowest BCUT2D eigenvalue weighted by Gasteiger charge is -2.28. The summed E-state index contributed by atoms with van der Waals surface area (Å²) in [7, 11) is 0. The molecule has 0 N–H and O–H groups in total. The van der Waals surface area contributed by atoms with Crippen molar-refractivity contribution >= 4 is 44.9 Å². The Hall–Kier alpha value is -6.12. The largest absolute Gasteiger partial charge is 0.310 e. The molecule has 2 nitrogen and oxygen atoms in total. The highest BCUT2D eigenvalue weighted by atomic mass is 15.1.